The second kappa shape index (κ2) is 4.41. The Balaban J connectivity index is 2.13. The van der Waals surface area contributed by atoms with E-state index in [1.54, 1.807) is 0 Å². The average Bonchev–Trinajstić information content (AvgIpc) is 2.90. The summed E-state index contributed by atoms with van der Waals surface area (Å²) in [6, 6.07) is 0. The largest absolute Gasteiger partial charge is 0.354 e. The zero-order valence-electron chi connectivity index (χ0n) is 10.2. The summed E-state index contributed by atoms with van der Waals surface area (Å²) in [5, 5.41) is 5.47. The van der Waals surface area contributed by atoms with Crippen LogP contribution in [-0.2, 0) is 9.59 Å². The fraction of sp³-hybridized carbons (Fsp3) is 0.818. The van der Waals surface area contributed by atoms with Crippen LogP contribution in [0, 0.1) is 5.41 Å². The predicted molar refractivity (Wildman–Crippen MR) is 61.6 cm³/mol. The summed E-state index contributed by atoms with van der Waals surface area (Å²) in [6.07, 6.45) is 1.51. The fourth-order valence-corrected chi connectivity index (χ4v) is 1.15. The second-order valence-electron chi connectivity index (χ2n) is 5.42. The molecule has 1 aliphatic carbocycles. The molecule has 0 saturated heterocycles. The van der Waals surface area contributed by atoms with Crippen molar-refractivity contribution in [2.24, 2.45) is 11.1 Å². The number of carbonyl (C=O) groups excluding carboxylic acids is 2. The van der Waals surface area contributed by atoms with Gasteiger partial charge in [-0.25, -0.2) is 0 Å². The third-order valence-corrected chi connectivity index (χ3v) is 2.62. The Morgan fingerprint density at radius 3 is 2.12 bits per heavy atom. The molecule has 0 aromatic heterocycles. The van der Waals surface area contributed by atoms with Crippen molar-refractivity contribution < 1.29 is 9.59 Å². The molecule has 92 valence electrons. The number of nitrogens with two attached hydrogens (primary N) is 1. The predicted octanol–water partition coefficient (Wildman–Crippen LogP) is -0.244. The maximum atomic E-state index is 11.5. The van der Waals surface area contributed by atoms with Crippen LogP contribution in [0.2, 0.25) is 0 Å². The summed E-state index contributed by atoms with van der Waals surface area (Å²) < 4.78 is 0. The molecular formula is C11H21N3O2. The van der Waals surface area contributed by atoms with E-state index in [-0.39, 0.29) is 11.8 Å². The van der Waals surface area contributed by atoms with E-state index in [4.69, 9.17) is 5.73 Å². The third kappa shape index (κ3) is 3.48. The third-order valence-electron chi connectivity index (χ3n) is 2.62. The number of rotatable bonds is 4. The number of hydrogen-bond acceptors (Lipinski definition) is 3. The smallest absolute Gasteiger partial charge is 0.240 e. The molecule has 0 radical (unpaired) electrons. The van der Waals surface area contributed by atoms with Gasteiger partial charge in [-0.15, -0.1) is 0 Å². The molecule has 0 bridgehead atoms. The zero-order valence-corrected chi connectivity index (χ0v) is 10.2. The monoisotopic (exact) mass is 227 g/mol. The minimum Gasteiger partial charge on any atom is -0.354 e. The first-order valence-electron chi connectivity index (χ1n) is 5.61. The van der Waals surface area contributed by atoms with Gasteiger partial charge in [0.15, 0.2) is 0 Å². The van der Waals surface area contributed by atoms with Crippen molar-refractivity contribution in [3.05, 3.63) is 0 Å². The summed E-state index contributed by atoms with van der Waals surface area (Å²) in [6.45, 7) is 6.41. The highest BCUT2D eigenvalue weighted by atomic mass is 16.2. The van der Waals surface area contributed by atoms with Crippen molar-refractivity contribution in [3.8, 4) is 0 Å². The molecule has 0 aromatic rings. The fourth-order valence-electron chi connectivity index (χ4n) is 1.15. The molecule has 1 aliphatic rings. The molecule has 2 amide bonds. The van der Waals surface area contributed by atoms with E-state index in [0.717, 1.165) is 12.8 Å². The molecule has 0 spiro atoms. The van der Waals surface area contributed by atoms with E-state index in [2.05, 4.69) is 10.6 Å². The second-order valence-corrected chi connectivity index (χ2v) is 5.42. The minimum atomic E-state index is -0.631. The van der Waals surface area contributed by atoms with Crippen molar-refractivity contribution in [1.29, 1.82) is 0 Å². The Morgan fingerprint density at radius 2 is 1.69 bits per heavy atom. The number of amides is 2. The molecule has 1 rings (SSSR count). The Hall–Kier alpha value is -1.10. The van der Waals surface area contributed by atoms with Crippen LogP contribution < -0.4 is 16.4 Å². The lowest BCUT2D eigenvalue weighted by Crippen LogP contribution is -2.46. The Labute approximate surface area is 96.1 Å². The lowest BCUT2D eigenvalue weighted by molar-refractivity contribution is -0.129. The van der Waals surface area contributed by atoms with Crippen LogP contribution in [0.15, 0.2) is 0 Å². The molecule has 0 heterocycles. The van der Waals surface area contributed by atoms with Gasteiger partial charge in [-0.2, -0.15) is 0 Å². The molecule has 0 atom stereocenters. The normalized spacial score (nSPS) is 17.8. The molecule has 4 N–H and O–H groups in total. The molecule has 1 fully saturated rings. The first-order valence-corrected chi connectivity index (χ1v) is 5.61. The van der Waals surface area contributed by atoms with Crippen LogP contribution in [0.1, 0.15) is 33.6 Å². The van der Waals surface area contributed by atoms with Gasteiger partial charge in [-0.05, 0) is 12.8 Å². The quantitative estimate of drug-likeness (QED) is 0.579. The van der Waals surface area contributed by atoms with E-state index in [1.165, 1.54) is 0 Å². The minimum absolute atomic E-state index is 0.0179. The van der Waals surface area contributed by atoms with E-state index in [1.807, 2.05) is 20.8 Å². The van der Waals surface area contributed by atoms with E-state index >= 15 is 0 Å². The summed E-state index contributed by atoms with van der Waals surface area (Å²) in [5.41, 5.74) is 4.68. The van der Waals surface area contributed by atoms with Gasteiger partial charge in [0, 0.05) is 18.5 Å². The molecule has 0 unspecified atom stereocenters. The van der Waals surface area contributed by atoms with Gasteiger partial charge in [0.05, 0.1) is 5.54 Å². The maximum Gasteiger partial charge on any atom is 0.240 e. The molecule has 5 nitrogen and oxygen atoms in total. The first-order chi connectivity index (χ1) is 7.26. The molecule has 5 heteroatoms. The summed E-state index contributed by atoms with van der Waals surface area (Å²) >= 11 is 0. The van der Waals surface area contributed by atoms with E-state index in [0.29, 0.717) is 13.1 Å². The molecule has 0 aromatic carbocycles. The number of nitrogens with one attached hydrogen (secondary N) is 2. The zero-order chi connectivity index (χ0) is 12.4. The van der Waals surface area contributed by atoms with Crippen LogP contribution in [-0.4, -0.2) is 30.4 Å². The highest BCUT2D eigenvalue weighted by Gasteiger charge is 2.45. The van der Waals surface area contributed by atoms with E-state index in [9.17, 15) is 9.59 Å². The topological polar surface area (TPSA) is 84.2 Å². The summed E-state index contributed by atoms with van der Waals surface area (Å²) in [7, 11) is 0. The van der Waals surface area contributed by atoms with Gasteiger partial charge in [-0.1, -0.05) is 20.8 Å². The standard InChI is InChI=1S/C11H21N3O2/c1-10(2,3)8(15)13-6-7-14-9(16)11(12)4-5-11/h4-7,12H2,1-3H3,(H,13,15)(H,14,16). The molecule has 16 heavy (non-hydrogen) atoms. The van der Waals surface area contributed by atoms with E-state index < -0.39 is 11.0 Å². The first kappa shape index (κ1) is 13.0. The molecular weight excluding hydrogens is 206 g/mol. The Bertz CT molecular complexity index is 271. The van der Waals surface area contributed by atoms with Crippen molar-refractivity contribution in [2.45, 2.75) is 39.2 Å². The van der Waals surface area contributed by atoms with Gasteiger partial charge < -0.3 is 16.4 Å². The van der Waals surface area contributed by atoms with Gasteiger partial charge in [0.25, 0.3) is 0 Å². The Kier molecular flexibility index (Phi) is 3.57. The SMILES string of the molecule is CC(C)(C)C(=O)NCCNC(=O)C1(N)CC1. The van der Waals surface area contributed by atoms with Crippen LogP contribution in [0.4, 0.5) is 0 Å². The number of hydrogen-bond donors (Lipinski definition) is 3. The van der Waals surface area contributed by atoms with Crippen molar-refractivity contribution in [3.63, 3.8) is 0 Å². The van der Waals surface area contributed by atoms with Gasteiger partial charge in [0.2, 0.25) is 11.8 Å². The van der Waals surface area contributed by atoms with Crippen LogP contribution in [0.5, 0.6) is 0 Å². The lowest BCUT2D eigenvalue weighted by atomic mass is 9.96. The number of carbonyl (C=O) groups is 2. The van der Waals surface area contributed by atoms with Gasteiger partial charge >= 0.3 is 0 Å². The lowest BCUT2D eigenvalue weighted by Gasteiger charge is -2.18. The van der Waals surface area contributed by atoms with Gasteiger partial charge in [-0.3, -0.25) is 9.59 Å². The van der Waals surface area contributed by atoms with Crippen molar-refractivity contribution in [1.82, 2.24) is 10.6 Å². The maximum absolute atomic E-state index is 11.5. The van der Waals surface area contributed by atoms with Crippen LogP contribution in [0.3, 0.4) is 0 Å². The average molecular weight is 227 g/mol. The van der Waals surface area contributed by atoms with Crippen molar-refractivity contribution >= 4 is 11.8 Å². The molecule has 0 aliphatic heterocycles. The highest BCUT2D eigenvalue weighted by molar-refractivity contribution is 5.89. The van der Waals surface area contributed by atoms with Crippen LogP contribution in [0.25, 0.3) is 0 Å². The van der Waals surface area contributed by atoms with Gasteiger partial charge in [0.1, 0.15) is 0 Å². The summed E-state index contributed by atoms with van der Waals surface area (Å²) in [4.78, 5) is 22.9. The van der Waals surface area contributed by atoms with Crippen molar-refractivity contribution in [2.75, 3.05) is 13.1 Å². The highest BCUT2D eigenvalue weighted by Crippen LogP contribution is 2.31. The Morgan fingerprint density at radius 1 is 1.19 bits per heavy atom. The molecule has 1 saturated carbocycles. The summed E-state index contributed by atoms with van der Waals surface area (Å²) in [5.74, 6) is -0.131. The van der Waals surface area contributed by atoms with Crippen LogP contribution >= 0.6 is 0 Å².